The summed E-state index contributed by atoms with van der Waals surface area (Å²) in [7, 11) is 0. The van der Waals surface area contributed by atoms with Gasteiger partial charge in [0.15, 0.2) is 0 Å². The maximum atomic E-state index is 13.1. The van der Waals surface area contributed by atoms with E-state index in [1.54, 1.807) is 24.5 Å². The van der Waals surface area contributed by atoms with Crippen LogP contribution in [-0.4, -0.2) is 78.1 Å². The number of carbonyl (C=O) groups excluding carboxylic acids is 2. The zero-order valence-electron chi connectivity index (χ0n) is 17.1. The summed E-state index contributed by atoms with van der Waals surface area (Å²) < 4.78 is 5.55. The maximum absolute atomic E-state index is 13.1. The molecule has 4 heterocycles. The van der Waals surface area contributed by atoms with Crippen molar-refractivity contribution in [2.24, 2.45) is 5.92 Å². The van der Waals surface area contributed by atoms with Crippen molar-refractivity contribution >= 4 is 11.8 Å². The van der Waals surface area contributed by atoms with Crippen LogP contribution in [0.15, 0.2) is 24.5 Å². The molecule has 3 fully saturated rings. The Hall–Kier alpha value is -1.99. The number of pyridine rings is 1. The van der Waals surface area contributed by atoms with E-state index in [0.29, 0.717) is 17.5 Å². The summed E-state index contributed by atoms with van der Waals surface area (Å²) in [4.78, 5) is 34.3. The Morgan fingerprint density at radius 1 is 1.00 bits per heavy atom. The highest BCUT2D eigenvalue weighted by atomic mass is 16.5. The van der Waals surface area contributed by atoms with Gasteiger partial charge in [0, 0.05) is 69.4 Å². The van der Waals surface area contributed by atoms with E-state index in [1.807, 2.05) is 4.90 Å². The van der Waals surface area contributed by atoms with Crippen LogP contribution < -0.4 is 5.32 Å². The van der Waals surface area contributed by atoms with Gasteiger partial charge in [0.1, 0.15) is 0 Å². The first-order chi connectivity index (χ1) is 14.2. The van der Waals surface area contributed by atoms with Gasteiger partial charge in [-0.05, 0) is 50.7 Å². The number of likely N-dealkylation sites (tertiary alicyclic amines) is 2. The van der Waals surface area contributed by atoms with Gasteiger partial charge < -0.3 is 15.0 Å². The predicted molar refractivity (Wildman–Crippen MR) is 109 cm³/mol. The lowest BCUT2D eigenvalue weighted by atomic mass is 9.99. The van der Waals surface area contributed by atoms with Crippen LogP contribution in [0.1, 0.15) is 48.9 Å². The molecule has 0 bridgehead atoms. The number of hydrogen-bond donors (Lipinski definition) is 1. The van der Waals surface area contributed by atoms with Crippen LogP contribution in [0, 0.1) is 5.92 Å². The van der Waals surface area contributed by atoms with Crippen LogP contribution in [0.5, 0.6) is 0 Å². The summed E-state index contributed by atoms with van der Waals surface area (Å²) in [6, 6.07) is 3.95. The van der Waals surface area contributed by atoms with E-state index in [0.717, 1.165) is 77.9 Å². The summed E-state index contributed by atoms with van der Waals surface area (Å²) in [6.07, 6.45) is 9.17. The third-order valence-corrected chi connectivity index (χ3v) is 6.53. The van der Waals surface area contributed by atoms with Crippen LogP contribution >= 0.6 is 0 Å². The van der Waals surface area contributed by atoms with Gasteiger partial charge in [-0.1, -0.05) is 0 Å². The number of nitrogens with zero attached hydrogens (tertiary/aromatic N) is 3. The second-order valence-corrected chi connectivity index (χ2v) is 8.51. The molecule has 158 valence electrons. The number of carbonyl (C=O) groups is 2. The minimum absolute atomic E-state index is 0.0266. The first-order valence-electron chi connectivity index (χ1n) is 11.0. The molecule has 0 radical (unpaired) electrons. The normalized spacial score (nSPS) is 26.8. The molecule has 0 aliphatic carbocycles. The highest BCUT2D eigenvalue weighted by Crippen LogP contribution is 2.25. The molecule has 0 aromatic carbocycles. The van der Waals surface area contributed by atoms with E-state index < -0.39 is 0 Å². The number of rotatable bonds is 4. The van der Waals surface area contributed by atoms with Crippen molar-refractivity contribution in [2.75, 3.05) is 39.4 Å². The Morgan fingerprint density at radius 2 is 1.72 bits per heavy atom. The fourth-order valence-electron chi connectivity index (χ4n) is 4.86. The van der Waals surface area contributed by atoms with E-state index in [1.165, 1.54) is 0 Å². The summed E-state index contributed by atoms with van der Waals surface area (Å²) >= 11 is 0. The van der Waals surface area contributed by atoms with Gasteiger partial charge in [-0.15, -0.1) is 0 Å². The molecule has 4 rings (SSSR count). The first-order valence-corrected chi connectivity index (χ1v) is 11.0. The molecule has 3 saturated heterocycles. The van der Waals surface area contributed by atoms with E-state index >= 15 is 0 Å². The molecule has 3 aliphatic rings. The van der Waals surface area contributed by atoms with Gasteiger partial charge >= 0.3 is 0 Å². The zero-order chi connectivity index (χ0) is 20.1. The van der Waals surface area contributed by atoms with Gasteiger partial charge in [0.05, 0.1) is 5.92 Å². The van der Waals surface area contributed by atoms with E-state index in [9.17, 15) is 9.59 Å². The molecule has 7 nitrogen and oxygen atoms in total. The average molecular weight is 401 g/mol. The van der Waals surface area contributed by atoms with Gasteiger partial charge in [0.25, 0.3) is 5.91 Å². The summed E-state index contributed by atoms with van der Waals surface area (Å²) in [5, 5.41) is 3.21. The molecule has 0 unspecified atom stereocenters. The monoisotopic (exact) mass is 400 g/mol. The molecule has 7 heteroatoms. The van der Waals surface area contributed by atoms with Gasteiger partial charge in [-0.2, -0.15) is 0 Å². The van der Waals surface area contributed by atoms with Crippen LogP contribution in [-0.2, 0) is 9.53 Å². The standard InChI is InChI=1S/C22H32N4O3/c27-21(17-5-9-23-10-6-17)24-19-4-3-18(22(28)25-11-1-2-12-25)15-26(16-19)20-7-13-29-14-8-20/h5-6,9-10,18-20H,1-4,7-8,11-16H2,(H,24,27)/t18-,19+/m1/s1. The highest BCUT2D eigenvalue weighted by Gasteiger charge is 2.35. The van der Waals surface area contributed by atoms with Crippen molar-refractivity contribution in [3.8, 4) is 0 Å². The van der Waals surface area contributed by atoms with Crippen molar-refractivity contribution in [2.45, 2.75) is 50.6 Å². The fourth-order valence-corrected chi connectivity index (χ4v) is 4.86. The molecule has 0 spiro atoms. The van der Waals surface area contributed by atoms with Gasteiger partial charge in [0.2, 0.25) is 5.91 Å². The lowest BCUT2D eigenvalue weighted by molar-refractivity contribution is -0.135. The van der Waals surface area contributed by atoms with Gasteiger partial charge in [-0.3, -0.25) is 19.5 Å². The quantitative estimate of drug-likeness (QED) is 0.833. The van der Waals surface area contributed by atoms with Gasteiger partial charge in [-0.25, -0.2) is 0 Å². The third-order valence-electron chi connectivity index (χ3n) is 6.53. The largest absolute Gasteiger partial charge is 0.381 e. The number of ether oxygens (including phenoxy) is 1. The molecule has 0 saturated carbocycles. The Bertz CT molecular complexity index is 687. The van der Waals surface area contributed by atoms with Crippen LogP contribution in [0.25, 0.3) is 0 Å². The topological polar surface area (TPSA) is 74.8 Å². The number of nitrogens with one attached hydrogen (secondary N) is 1. The van der Waals surface area contributed by atoms with E-state index in [4.69, 9.17) is 4.74 Å². The van der Waals surface area contributed by atoms with Crippen molar-refractivity contribution in [1.82, 2.24) is 20.1 Å². The summed E-state index contributed by atoms with van der Waals surface area (Å²) in [6.45, 7) is 4.94. The van der Waals surface area contributed by atoms with Crippen molar-refractivity contribution in [1.29, 1.82) is 0 Å². The van der Waals surface area contributed by atoms with Crippen LogP contribution in [0.2, 0.25) is 0 Å². The smallest absolute Gasteiger partial charge is 0.251 e. The molecule has 1 aromatic heterocycles. The highest BCUT2D eigenvalue weighted by molar-refractivity contribution is 5.94. The predicted octanol–water partition coefficient (Wildman–Crippen LogP) is 1.69. The van der Waals surface area contributed by atoms with Crippen molar-refractivity contribution in [3.63, 3.8) is 0 Å². The molecule has 2 atom stereocenters. The summed E-state index contributed by atoms with van der Waals surface area (Å²) in [5.74, 6) is 0.271. The molecular formula is C22H32N4O3. The molecule has 2 amide bonds. The summed E-state index contributed by atoms with van der Waals surface area (Å²) in [5.41, 5.74) is 0.631. The second kappa shape index (κ2) is 9.67. The molecule has 3 aliphatic heterocycles. The number of hydrogen-bond acceptors (Lipinski definition) is 5. The Kier molecular flexibility index (Phi) is 6.77. The molecule has 29 heavy (non-hydrogen) atoms. The van der Waals surface area contributed by atoms with Crippen molar-refractivity contribution in [3.05, 3.63) is 30.1 Å². The van der Waals surface area contributed by atoms with Crippen LogP contribution in [0.3, 0.4) is 0 Å². The zero-order valence-corrected chi connectivity index (χ0v) is 17.1. The number of amides is 2. The second-order valence-electron chi connectivity index (χ2n) is 8.51. The number of aromatic nitrogens is 1. The lowest BCUT2D eigenvalue weighted by Crippen LogP contribution is -2.49. The SMILES string of the molecule is O=C(N[C@H]1CC[C@@H](C(=O)N2CCCC2)CN(C2CCOCC2)C1)c1ccncc1. The third kappa shape index (κ3) is 5.14. The maximum Gasteiger partial charge on any atom is 0.251 e. The van der Waals surface area contributed by atoms with Crippen molar-refractivity contribution < 1.29 is 14.3 Å². The van der Waals surface area contributed by atoms with E-state index in [2.05, 4.69) is 15.2 Å². The fraction of sp³-hybridized carbons (Fsp3) is 0.682. The Labute approximate surface area is 172 Å². The average Bonchev–Trinajstić information content (AvgIpc) is 3.23. The minimum atomic E-state index is -0.0614. The molecular weight excluding hydrogens is 368 g/mol. The first kappa shape index (κ1) is 20.3. The minimum Gasteiger partial charge on any atom is -0.381 e. The molecule has 1 N–H and O–H groups in total. The Balaban J connectivity index is 1.45. The van der Waals surface area contributed by atoms with E-state index in [-0.39, 0.29) is 17.9 Å². The Morgan fingerprint density at radius 3 is 2.45 bits per heavy atom. The molecule has 1 aromatic rings. The lowest BCUT2D eigenvalue weighted by Gasteiger charge is -2.36. The van der Waals surface area contributed by atoms with Crippen LogP contribution in [0.4, 0.5) is 0 Å².